The maximum absolute atomic E-state index is 6.11. The van der Waals surface area contributed by atoms with Gasteiger partial charge in [-0.15, -0.1) is 0 Å². The van der Waals surface area contributed by atoms with E-state index in [9.17, 15) is 0 Å². The monoisotopic (exact) mass is 221 g/mol. The van der Waals surface area contributed by atoms with Crippen LogP contribution in [0.25, 0.3) is 11.3 Å². The number of benzene rings is 1. The van der Waals surface area contributed by atoms with Crippen LogP contribution in [0.4, 0.5) is 5.82 Å². The molecule has 0 radical (unpaired) electrons. The van der Waals surface area contributed by atoms with Gasteiger partial charge in [-0.2, -0.15) is 5.10 Å². The fraction of sp³-hybridized carbons (Fsp3) is 0.182. The van der Waals surface area contributed by atoms with E-state index >= 15 is 0 Å². The molecule has 78 valence electrons. The Morgan fingerprint density at radius 2 is 2.13 bits per heavy atom. The van der Waals surface area contributed by atoms with Crippen molar-refractivity contribution in [2.75, 3.05) is 5.73 Å². The van der Waals surface area contributed by atoms with E-state index < -0.39 is 0 Å². The van der Waals surface area contributed by atoms with E-state index in [0.29, 0.717) is 10.8 Å². The average Bonchev–Trinajstić information content (AvgIpc) is 2.60. The van der Waals surface area contributed by atoms with Crippen molar-refractivity contribution >= 4 is 17.4 Å². The van der Waals surface area contributed by atoms with Gasteiger partial charge in [-0.05, 0) is 12.5 Å². The van der Waals surface area contributed by atoms with Crippen LogP contribution in [0, 0.1) is 0 Å². The summed E-state index contributed by atoms with van der Waals surface area (Å²) >= 11 is 6.11. The maximum Gasteiger partial charge on any atom is 0.149 e. The summed E-state index contributed by atoms with van der Waals surface area (Å²) in [7, 11) is 0. The summed E-state index contributed by atoms with van der Waals surface area (Å²) in [6.45, 7) is 2.04. The SMILES string of the molecule is CCc1c(N)n[nH]c1-c1ccccc1Cl. The molecule has 2 rings (SSSR count). The second kappa shape index (κ2) is 3.95. The molecule has 1 aromatic heterocycles. The molecule has 0 unspecified atom stereocenters. The lowest BCUT2D eigenvalue weighted by Crippen LogP contribution is -1.91. The van der Waals surface area contributed by atoms with Gasteiger partial charge in [0, 0.05) is 16.1 Å². The Balaban J connectivity index is 2.59. The van der Waals surface area contributed by atoms with E-state index in [4.69, 9.17) is 17.3 Å². The summed E-state index contributed by atoms with van der Waals surface area (Å²) in [4.78, 5) is 0. The van der Waals surface area contributed by atoms with E-state index in [1.54, 1.807) is 0 Å². The maximum atomic E-state index is 6.11. The number of nitrogens with one attached hydrogen (secondary N) is 1. The van der Waals surface area contributed by atoms with Gasteiger partial charge in [-0.3, -0.25) is 5.10 Å². The number of anilines is 1. The van der Waals surface area contributed by atoms with Crippen molar-refractivity contribution in [2.24, 2.45) is 0 Å². The lowest BCUT2D eigenvalue weighted by Gasteiger charge is -2.03. The Morgan fingerprint density at radius 3 is 2.80 bits per heavy atom. The largest absolute Gasteiger partial charge is 0.382 e. The average molecular weight is 222 g/mol. The standard InChI is InChI=1S/C11H12ClN3/c1-2-7-10(14-15-11(7)13)8-5-3-4-6-9(8)12/h3-6H,2H2,1H3,(H3,13,14,15). The Hall–Kier alpha value is -1.48. The van der Waals surface area contributed by atoms with Crippen molar-refractivity contribution in [3.63, 3.8) is 0 Å². The highest BCUT2D eigenvalue weighted by Crippen LogP contribution is 2.30. The molecule has 2 aromatic rings. The van der Waals surface area contributed by atoms with Gasteiger partial charge in [-0.25, -0.2) is 0 Å². The fourth-order valence-corrected chi connectivity index (χ4v) is 1.85. The quantitative estimate of drug-likeness (QED) is 0.820. The van der Waals surface area contributed by atoms with E-state index in [2.05, 4.69) is 10.2 Å². The number of nitrogens with two attached hydrogens (primary N) is 1. The molecule has 4 heteroatoms. The molecule has 0 amide bonds. The van der Waals surface area contributed by atoms with Crippen LogP contribution in [0.2, 0.25) is 5.02 Å². The minimum atomic E-state index is 0.549. The van der Waals surface area contributed by atoms with Gasteiger partial charge < -0.3 is 5.73 Å². The number of nitrogen functional groups attached to an aromatic ring is 1. The number of rotatable bonds is 2. The third-order valence-corrected chi connectivity index (χ3v) is 2.73. The van der Waals surface area contributed by atoms with Crippen molar-refractivity contribution in [3.05, 3.63) is 34.9 Å². The second-order valence-electron chi connectivity index (χ2n) is 3.30. The van der Waals surface area contributed by atoms with Crippen LogP contribution in [0.5, 0.6) is 0 Å². The number of aromatic amines is 1. The smallest absolute Gasteiger partial charge is 0.149 e. The molecule has 0 fully saturated rings. The van der Waals surface area contributed by atoms with Crippen LogP contribution in [0.15, 0.2) is 24.3 Å². The molecule has 0 aliphatic rings. The number of halogens is 1. The van der Waals surface area contributed by atoms with Gasteiger partial charge in [0.15, 0.2) is 0 Å². The topological polar surface area (TPSA) is 54.7 Å². The molecular formula is C11H12ClN3. The third kappa shape index (κ3) is 1.70. The molecule has 0 saturated heterocycles. The Bertz CT molecular complexity index is 476. The lowest BCUT2D eigenvalue weighted by atomic mass is 10.1. The zero-order valence-electron chi connectivity index (χ0n) is 8.42. The van der Waals surface area contributed by atoms with Crippen LogP contribution < -0.4 is 5.73 Å². The minimum Gasteiger partial charge on any atom is -0.382 e. The van der Waals surface area contributed by atoms with E-state index in [1.807, 2.05) is 31.2 Å². The van der Waals surface area contributed by atoms with Crippen LogP contribution in [0.1, 0.15) is 12.5 Å². The first-order chi connectivity index (χ1) is 7.24. The zero-order chi connectivity index (χ0) is 10.8. The molecule has 3 nitrogen and oxygen atoms in total. The minimum absolute atomic E-state index is 0.549. The molecule has 0 bridgehead atoms. The molecule has 0 atom stereocenters. The van der Waals surface area contributed by atoms with Crippen LogP contribution in [-0.4, -0.2) is 10.2 Å². The van der Waals surface area contributed by atoms with E-state index in [1.165, 1.54) is 0 Å². The number of H-pyrrole nitrogens is 1. The van der Waals surface area contributed by atoms with Crippen molar-refractivity contribution in [2.45, 2.75) is 13.3 Å². The first kappa shape index (κ1) is 10.1. The number of hydrogen-bond donors (Lipinski definition) is 2. The van der Waals surface area contributed by atoms with Crippen molar-refractivity contribution in [1.29, 1.82) is 0 Å². The molecular weight excluding hydrogens is 210 g/mol. The van der Waals surface area contributed by atoms with E-state index in [-0.39, 0.29) is 0 Å². The summed E-state index contributed by atoms with van der Waals surface area (Å²) in [5.74, 6) is 0.549. The van der Waals surface area contributed by atoms with Gasteiger partial charge in [0.2, 0.25) is 0 Å². The fourth-order valence-electron chi connectivity index (χ4n) is 1.62. The predicted molar refractivity (Wildman–Crippen MR) is 62.8 cm³/mol. The number of nitrogens with zero attached hydrogens (tertiary/aromatic N) is 1. The first-order valence-electron chi connectivity index (χ1n) is 4.81. The zero-order valence-corrected chi connectivity index (χ0v) is 9.17. The molecule has 0 spiro atoms. The molecule has 0 saturated carbocycles. The third-order valence-electron chi connectivity index (χ3n) is 2.40. The lowest BCUT2D eigenvalue weighted by molar-refractivity contribution is 1.10. The normalized spacial score (nSPS) is 10.5. The van der Waals surface area contributed by atoms with Crippen LogP contribution in [-0.2, 0) is 6.42 Å². The van der Waals surface area contributed by atoms with E-state index in [0.717, 1.165) is 23.2 Å². The van der Waals surface area contributed by atoms with Crippen molar-refractivity contribution in [1.82, 2.24) is 10.2 Å². The van der Waals surface area contributed by atoms with Gasteiger partial charge in [0.1, 0.15) is 5.82 Å². The number of aromatic nitrogens is 2. The summed E-state index contributed by atoms with van der Waals surface area (Å²) < 4.78 is 0. The summed E-state index contributed by atoms with van der Waals surface area (Å²) in [6.07, 6.45) is 0.836. The second-order valence-corrected chi connectivity index (χ2v) is 3.70. The van der Waals surface area contributed by atoms with Gasteiger partial charge >= 0.3 is 0 Å². The molecule has 15 heavy (non-hydrogen) atoms. The summed E-state index contributed by atoms with van der Waals surface area (Å²) in [6, 6.07) is 7.65. The molecule has 1 aromatic carbocycles. The first-order valence-corrected chi connectivity index (χ1v) is 5.19. The molecule has 0 aliphatic heterocycles. The number of hydrogen-bond acceptors (Lipinski definition) is 2. The van der Waals surface area contributed by atoms with Gasteiger partial charge in [0.25, 0.3) is 0 Å². The highest BCUT2D eigenvalue weighted by molar-refractivity contribution is 6.33. The Labute approximate surface area is 93.3 Å². The van der Waals surface area contributed by atoms with Crippen LogP contribution >= 0.6 is 11.6 Å². The highest BCUT2D eigenvalue weighted by atomic mass is 35.5. The van der Waals surface area contributed by atoms with Gasteiger partial charge in [-0.1, -0.05) is 36.7 Å². The Kier molecular flexibility index (Phi) is 2.64. The predicted octanol–water partition coefficient (Wildman–Crippen LogP) is 2.87. The van der Waals surface area contributed by atoms with Crippen molar-refractivity contribution in [3.8, 4) is 11.3 Å². The Morgan fingerprint density at radius 1 is 1.40 bits per heavy atom. The molecule has 3 N–H and O–H groups in total. The molecule has 0 aliphatic carbocycles. The van der Waals surface area contributed by atoms with Gasteiger partial charge in [0.05, 0.1) is 5.69 Å². The summed E-state index contributed by atoms with van der Waals surface area (Å²) in [5.41, 5.74) is 8.63. The highest BCUT2D eigenvalue weighted by Gasteiger charge is 2.12. The van der Waals surface area contributed by atoms with Crippen LogP contribution in [0.3, 0.4) is 0 Å². The molecule has 1 heterocycles. The van der Waals surface area contributed by atoms with Crippen molar-refractivity contribution < 1.29 is 0 Å². The summed E-state index contributed by atoms with van der Waals surface area (Å²) in [5, 5.41) is 7.63.